The van der Waals surface area contributed by atoms with Crippen LogP contribution in [0.1, 0.15) is 5.56 Å². The predicted octanol–water partition coefficient (Wildman–Crippen LogP) is 1.39. The largest absolute Gasteiger partial charge is 0.507 e. The molecule has 0 heterocycles. The number of nitrogens with one attached hydrogen (secondary N) is 1. The molecular weight excluding hydrogens is 170 g/mol. The number of rotatable bonds is 1. The Morgan fingerprint density at radius 1 is 1.30 bits per heavy atom. The first-order valence-electron chi connectivity index (χ1n) is 2.63. The fourth-order valence-electron chi connectivity index (χ4n) is 0.610. The van der Waals surface area contributed by atoms with Gasteiger partial charge in [0, 0.05) is 28.8 Å². The molecule has 1 rings (SSSR count). The van der Waals surface area contributed by atoms with Crippen LogP contribution in [0.3, 0.4) is 0 Å². The number of para-hydroxylation sites is 1. The molecule has 54 valence electrons. The van der Waals surface area contributed by atoms with Crippen LogP contribution in [-0.2, 0) is 17.1 Å². The molecular formula is C7H7FeNO. The summed E-state index contributed by atoms with van der Waals surface area (Å²) in [5, 5.41) is 15.8. The predicted molar refractivity (Wildman–Crippen MR) is 36.0 cm³/mol. The number of phenols is 1. The number of benzene rings is 1. The first-order chi connectivity index (χ1) is 4.34. The van der Waals surface area contributed by atoms with E-state index in [1.165, 1.54) is 0 Å². The summed E-state index contributed by atoms with van der Waals surface area (Å²) < 4.78 is 0. The minimum atomic E-state index is 0. The Bertz CT molecular complexity index is 225. The summed E-state index contributed by atoms with van der Waals surface area (Å²) in [4.78, 5) is 0. The van der Waals surface area contributed by atoms with Gasteiger partial charge in [0.1, 0.15) is 5.75 Å². The maximum absolute atomic E-state index is 8.96. The molecule has 0 bridgehead atoms. The van der Waals surface area contributed by atoms with Crippen molar-refractivity contribution >= 4 is 6.21 Å². The quantitative estimate of drug-likeness (QED) is 0.493. The third kappa shape index (κ3) is 1.86. The van der Waals surface area contributed by atoms with Gasteiger partial charge >= 0.3 is 0 Å². The topological polar surface area (TPSA) is 44.1 Å². The average Bonchev–Trinajstić information content (AvgIpc) is 1.89. The molecule has 0 fully saturated rings. The van der Waals surface area contributed by atoms with Crippen molar-refractivity contribution in [2.75, 3.05) is 0 Å². The van der Waals surface area contributed by atoms with E-state index in [0.29, 0.717) is 5.56 Å². The maximum Gasteiger partial charge on any atom is 0.124 e. The van der Waals surface area contributed by atoms with Crippen molar-refractivity contribution in [3.63, 3.8) is 0 Å². The summed E-state index contributed by atoms with van der Waals surface area (Å²) in [6.07, 6.45) is 1.12. The van der Waals surface area contributed by atoms with Crippen molar-refractivity contribution in [3.05, 3.63) is 29.8 Å². The monoisotopic (exact) mass is 177 g/mol. The number of aromatic hydroxyl groups is 1. The Morgan fingerprint density at radius 2 is 1.90 bits per heavy atom. The molecule has 0 amide bonds. The first-order valence-corrected chi connectivity index (χ1v) is 2.63. The fourth-order valence-corrected chi connectivity index (χ4v) is 0.610. The van der Waals surface area contributed by atoms with Crippen LogP contribution in [0.2, 0.25) is 0 Å². The second-order valence-corrected chi connectivity index (χ2v) is 1.70. The molecule has 0 saturated heterocycles. The van der Waals surface area contributed by atoms with Crippen LogP contribution < -0.4 is 0 Å². The Balaban J connectivity index is 0.000000810. The van der Waals surface area contributed by atoms with Crippen molar-refractivity contribution in [2.24, 2.45) is 0 Å². The number of phenolic OH excluding ortho intramolecular Hbond substituents is 1. The van der Waals surface area contributed by atoms with E-state index in [2.05, 4.69) is 0 Å². The van der Waals surface area contributed by atoms with E-state index in [9.17, 15) is 0 Å². The van der Waals surface area contributed by atoms with Crippen molar-refractivity contribution in [1.29, 1.82) is 5.41 Å². The second-order valence-electron chi connectivity index (χ2n) is 1.70. The van der Waals surface area contributed by atoms with E-state index in [4.69, 9.17) is 10.5 Å². The van der Waals surface area contributed by atoms with E-state index in [-0.39, 0.29) is 22.8 Å². The standard InChI is InChI=1S/C7H7NO.Fe/c8-5-6-3-1-2-4-7(6)9;/h1-5,8-9H;. The third-order valence-corrected chi connectivity index (χ3v) is 1.09. The van der Waals surface area contributed by atoms with Crippen LogP contribution in [0.15, 0.2) is 24.3 Å². The van der Waals surface area contributed by atoms with Crippen LogP contribution in [0.25, 0.3) is 0 Å². The first kappa shape index (κ1) is 9.21. The normalized spacial score (nSPS) is 8.00. The van der Waals surface area contributed by atoms with Crippen molar-refractivity contribution in [1.82, 2.24) is 0 Å². The van der Waals surface area contributed by atoms with Gasteiger partial charge in [-0.25, -0.2) is 0 Å². The second kappa shape index (κ2) is 4.09. The Morgan fingerprint density at radius 3 is 2.30 bits per heavy atom. The van der Waals surface area contributed by atoms with Crippen LogP contribution in [0, 0.1) is 5.41 Å². The van der Waals surface area contributed by atoms with E-state index in [1.807, 2.05) is 0 Å². The van der Waals surface area contributed by atoms with Gasteiger partial charge in [0.2, 0.25) is 0 Å². The molecule has 0 aliphatic rings. The fraction of sp³-hybridized carbons (Fsp3) is 0. The van der Waals surface area contributed by atoms with Crippen LogP contribution in [0.4, 0.5) is 0 Å². The van der Waals surface area contributed by atoms with E-state index in [1.54, 1.807) is 24.3 Å². The van der Waals surface area contributed by atoms with Gasteiger partial charge in [-0.2, -0.15) is 0 Å². The molecule has 0 aliphatic carbocycles. The summed E-state index contributed by atoms with van der Waals surface area (Å²) in [6, 6.07) is 6.74. The van der Waals surface area contributed by atoms with E-state index >= 15 is 0 Å². The summed E-state index contributed by atoms with van der Waals surface area (Å²) in [5.41, 5.74) is 0.553. The van der Waals surface area contributed by atoms with Gasteiger partial charge in [0.25, 0.3) is 0 Å². The summed E-state index contributed by atoms with van der Waals surface area (Å²) in [7, 11) is 0. The third-order valence-electron chi connectivity index (χ3n) is 1.09. The molecule has 0 radical (unpaired) electrons. The molecule has 0 saturated carbocycles. The summed E-state index contributed by atoms with van der Waals surface area (Å²) >= 11 is 0. The van der Waals surface area contributed by atoms with Gasteiger partial charge in [-0.15, -0.1) is 0 Å². The summed E-state index contributed by atoms with van der Waals surface area (Å²) in [6.45, 7) is 0. The zero-order valence-electron chi connectivity index (χ0n) is 5.19. The van der Waals surface area contributed by atoms with Crippen LogP contribution in [-0.4, -0.2) is 11.3 Å². The smallest absolute Gasteiger partial charge is 0.124 e. The van der Waals surface area contributed by atoms with Crippen molar-refractivity contribution in [2.45, 2.75) is 0 Å². The van der Waals surface area contributed by atoms with Gasteiger partial charge in [-0.1, -0.05) is 12.1 Å². The Kier molecular flexibility index (Phi) is 3.77. The van der Waals surface area contributed by atoms with Gasteiger partial charge in [-0.3, -0.25) is 0 Å². The van der Waals surface area contributed by atoms with Crippen molar-refractivity contribution in [3.8, 4) is 5.75 Å². The molecule has 2 nitrogen and oxygen atoms in total. The van der Waals surface area contributed by atoms with Crippen LogP contribution >= 0.6 is 0 Å². The van der Waals surface area contributed by atoms with Gasteiger partial charge in [0.15, 0.2) is 0 Å². The van der Waals surface area contributed by atoms with Gasteiger partial charge in [-0.05, 0) is 12.1 Å². The molecule has 2 N–H and O–H groups in total. The molecule has 10 heavy (non-hydrogen) atoms. The van der Waals surface area contributed by atoms with E-state index < -0.39 is 0 Å². The molecule has 0 spiro atoms. The molecule has 0 unspecified atom stereocenters. The molecule has 1 aromatic carbocycles. The van der Waals surface area contributed by atoms with Gasteiger partial charge < -0.3 is 10.5 Å². The number of hydrogen-bond donors (Lipinski definition) is 2. The average molecular weight is 177 g/mol. The Hall–Kier alpha value is -0.791. The minimum absolute atomic E-state index is 0. The van der Waals surface area contributed by atoms with Gasteiger partial charge in [0.05, 0.1) is 0 Å². The SMILES string of the molecule is N=Cc1ccccc1O.[Fe]. The van der Waals surface area contributed by atoms with Crippen molar-refractivity contribution < 1.29 is 22.2 Å². The summed E-state index contributed by atoms with van der Waals surface area (Å²) in [5.74, 6) is 0.160. The number of hydrogen-bond acceptors (Lipinski definition) is 2. The maximum atomic E-state index is 8.96. The zero-order valence-corrected chi connectivity index (χ0v) is 6.29. The van der Waals surface area contributed by atoms with Crippen LogP contribution in [0.5, 0.6) is 5.75 Å². The molecule has 3 heteroatoms. The minimum Gasteiger partial charge on any atom is -0.507 e. The molecule has 0 aromatic heterocycles. The molecule has 0 atom stereocenters. The molecule has 1 aromatic rings. The molecule has 0 aliphatic heterocycles. The van der Waals surface area contributed by atoms with E-state index in [0.717, 1.165) is 6.21 Å². The zero-order chi connectivity index (χ0) is 6.69. The Labute approximate surface area is 69.9 Å².